The molecule has 0 saturated carbocycles. The molecule has 1 aliphatic heterocycles. The van der Waals surface area contributed by atoms with Crippen LogP contribution in [-0.2, 0) is 6.42 Å². The topological polar surface area (TPSA) is 39.4 Å². The van der Waals surface area contributed by atoms with Crippen LogP contribution in [0.15, 0.2) is 29.3 Å². The zero-order valence-electron chi connectivity index (χ0n) is 9.47. The Morgan fingerprint density at radius 3 is 3.18 bits per heavy atom. The Labute approximate surface area is 105 Å². The molecule has 0 aromatic heterocycles. The van der Waals surface area contributed by atoms with Crippen molar-refractivity contribution in [2.45, 2.75) is 18.9 Å². The van der Waals surface area contributed by atoms with Gasteiger partial charge in [0.25, 0.3) is 0 Å². The minimum Gasteiger partial charge on any atom is -0.257 e. The third-order valence-electron chi connectivity index (χ3n) is 3.27. The Balaban J connectivity index is 1.88. The van der Waals surface area contributed by atoms with Gasteiger partial charge in [0.15, 0.2) is 11.4 Å². The molecule has 1 unspecified atom stereocenters. The zero-order chi connectivity index (χ0) is 11.7. The van der Waals surface area contributed by atoms with E-state index in [1.54, 1.807) is 16.7 Å². The van der Waals surface area contributed by atoms with Crippen LogP contribution in [0, 0.1) is 11.5 Å². The van der Waals surface area contributed by atoms with Gasteiger partial charge in [-0.25, -0.2) is 0 Å². The molecular formula is C13H13N3S. The molecule has 3 nitrogen and oxygen atoms in total. The van der Waals surface area contributed by atoms with Crippen LogP contribution < -0.4 is 0 Å². The number of hydrogen-bond acceptors (Lipinski definition) is 3. The Morgan fingerprint density at radius 1 is 1.41 bits per heavy atom. The van der Waals surface area contributed by atoms with Crippen molar-refractivity contribution in [2.24, 2.45) is 4.99 Å². The van der Waals surface area contributed by atoms with E-state index < -0.39 is 0 Å². The summed E-state index contributed by atoms with van der Waals surface area (Å²) in [5, 5.41) is 9.88. The number of hydrogen-bond donors (Lipinski definition) is 0. The van der Waals surface area contributed by atoms with E-state index in [0.717, 1.165) is 30.3 Å². The number of aliphatic imine (C=N–C) groups is 1. The lowest BCUT2D eigenvalue weighted by Crippen LogP contribution is -2.18. The van der Waals surface area contributed by atoms with Crippen molar-refractivity contribution in [1.29, 1.82) is 5.26 Å². The van der Waals surface area contributed by atoms with Crippen molar-refractivity contribution in [3.63, 3.8) is 0 Å². The smallest absolute Gasteiger partial charge is 0.185 e. The molecule has 0 amide bonds. The van der Waals surface area contributed by atoms with E-state index in [4.69, 9.17) is 10.3 Å². The van der Waals surface area contributed by atoms with Crippen molar-refractivity contribution in [3.8, 4) is 6.19 Å². The maximum absolute atomic E-state index is 8.99. The van der Waals surface area contributed by atoms with Crippen LogP contribution in [0.5, 0.6) is 0 Å². The fourth-order valence-electron chi connectivity index (χ4n) is 2.40. The molecule has 3 rings (SSSR count). The van der Waals surface area contributed by atoms with Gasteiger partial charge >= 0.3 is 0 Å². The first-order chi connectivity index (χ1) is 8.38. The molecule has 2 aliphatic rings. The zero-order valence-corrected chi connectivity index (χ0v) is 10.3. The summed E-state index contributed by atoms with van der Waals surface area (Å²) >= 11 is 1.69. The second-order valence-electron chi connectivity index (χ2n) is 4.27. The Morgan fingerprint density at radius 2 is 2.29 bits per heavy atom. The lowest BCUT2D eigenvalue weighted by Gasteiger charge is -2.10. The standard InChI is InChI=1S/C13H13N3S/c14-9-16-7-8-17-13(16)15-12-6-5-10-3-1-2-4-11(10)12/h1-4,12H,5-8H2/b15-13+. The van der Waals surface area contributed by atoms with Gasteiger partial charge < -0.3 is 0 Å². The van der Waals surface area contributed by atoms with Crippen molar-refractivity contribution < 1.29 is 0 Å². The molecule has 0 N–H and O–H groups in total. The molecule has 1 aliphatic carbocycles. The van der Waals surface area contributed by atoms with Crippen molar-refractivity contribution >= 4 is 16.9 Å². The molecule has 1 saturated heterocycles. The molecule has 86 valence electrons. The number of aryl methyl sites for hydroxylation is 1. The van der Waals surface area contributed by atoms with E-state index >= 15 is 0 Å². The molecule has 1 aromatic carbocycles. The maximum atomic E-state index is 8.99. The monoisotopic (exact) mass is 243 g/mol. The maximum Gasteiger partial charge on any atom is 0.185 e. The van der Waals surface area contributed by atoms with E-state index in [1.807, 2.05) is 0 Å². The van der Waals surface area contributed by atoms with E-state index in [9.17, 15) is 0 Å². The lowest BCUT2D eigenvalue weighted by molar-refractivity contribution is 0.621. The number of amidine groups is 1. The molecule has 17 heavy (non-hydrogen) atoms. The molecule has 1 heterocycles. The normalized spacial score (nSPS) is 25.0. The van der Waals surface area contributed by atoms with Gasteiger partial charge in [0.2, 0.25) is 0 Å². The molecule has 1 aromatic rings. The van der Waals surface area contributed by atoms with Gasteiger partial charge in [0.05, 0.1) is 6.04 Å². The highest BCUT2D eigenvalue weighted by Crippen LogP contribution is 2.35. The second kappa shape index (κ2) is 4.42. The minimum atomic E-state index is 0.252. The number of nitrogens with zero attached hydrogens (tertiary/aromatic N) is 3. The van der Waals surface area contributed by atoms with Gasteiger partial charge in [-0.2, -0.15) is 5.26 Å². The van der Waals surface area contributed by atoms with Crippen LogP contribution in [0.1, 0.15) is 23.6 Å². The van der Waals surface area contributed by atoms with Crippen molar-refractivity contribution in [2.75, 3.05) is 12.3 Å². The predicted molar refractivity (Wildman–Crippen MR) is 69.7 cm³/mol. The number of fused-ring (bicyclic) bond motifs is 1. The summed E-state index contributed by atoms with van der Waals surface area (Å²) < 4.78 is 0. The van der Waals surface area contributed by atoms with E-state index in [1.165, 1.54) is 11.1 Å². The van der Waals surface area contributed by atoms with Gasteiger partial charge in [-0.15, -0.1) is 0 Å². The van der Waals surface area contributed by atoms with Crippen LogP contribution in [-0.4, -0.2) is 22.4 Å². The fourth-order valence-corrected chi connectivity index (χ4v) is 3.35. The highest BCUT2D eigenvalue weighted by atomic mass is 32.2. The highest BCUT2D eigenvalue weighted by molar-refractivity contribution is 8.14. The van der Waals surface area contributed by atoms with Crippen LogP contribution >= 0.6 is 11.8 Å². The minimum absolute atomic E-state index is 0.252. The largest absolute Gasteiger partial charge is 0.257 e. The van der Waals surface area contributed by atoms with E-state index in [2.05, 4.69) is 30.5 Å². The first kappa shape index (κ1) is 10.7. The van der Waals surface area contributed by atoms with Gasteiger partial charge in [-0.3, -0.25) is 9.89 Å². The van der Waals surface area contributed by atoms with Crippen molar-refractivity contribution in [3.05, 3.63) is 35.4 Å². The molecule has 0 spiro atoms. The second-order valence-corrected chi connectivity index (χ2v) is 5.33. The fraction of sp³-hybridized carbons (Fsp3) is 0.385. The van der Waals surface area contributed by atoms with Crippen LogP contribution in [0.3, 0.4) is 0 Å². The first-order valence-corrected chi connectivity index (χ1v) is 6.83. The summed E-state index contributed by atoms with van der Waals surface area (Å²) in [6.45, 7) is 0.800. The van der Waals surface area contributed by atoms with Gasteiger partial charge in [0.1, 0.15) is 0 Å². The van der Waals surface area contributed by atoms with Crippen LogP contribution in [0.4, 0.5) is 0 Å². The molecule has 1 fully saturated rings. The van der Waals surface area contributed by atoms with E-state index in [-0.39, 0.29) is 6.04 Å². The van der Waals surface area contributed by atoms with Crippen LogP contribution in [0.25, 0.3) is 0 Å². The quantitative estimate of drug-likeness (QED) is 0.712. The number of rotatable bonds is 1. The Hall–Kier alpha value is -1.47. The molecule has 0 bridgehead atoms. The van der Waals surface area contributed by atoms with E-state index in [0.29, 0.717) is 0 Å². The average Bonchev–Trinajstić information content (AvgIpc) is 2.97. The summed E-state index contributed by atoms with van der Waals surface area (Å²) in [6, 6.07) is 8.75. The predicted octanol–water partition coefficient (Wildman–Crippen LogP) is 2.56. The lowest BCUT2D eigenvalue weighted by atomic mass is 10.1. The summed E-state index contributed by atoms with van der Waals surface area (Å²) in [4.78, 5) is 6.45. The SMILES string of the molecule is N#CN1CCS/C1=N/C1CCc2ccccc21. The molecule has 0 radical (unpaired) electrons. The van der Waals surface area contributed by atoms with Gasteiger partial charge in [0, 0.05) is 12.3 Å². The number of thioether (sulfide) groups is 1. The third kappa shape index (κ3) is 1.91. The Bertz CT molecular complexity index is 504. The number of benzene rings is 1. The summed E-state index contributed by atoms with van der Waals surface area (Å²) in [6.07, 6.45) is 4.37. The molecule has 4 heteroatoms. The van der Waals surface area contributed by atoms with Crippen molar-refractivity contribution in [1.82, 2.24) is 4.90 Å². The summed E-state index contributed by atoms with van der Waals surface area (Å²) in [5.74, 6) is 0.973. The third-order valence-corrected chi connectivity index (χ3v) is 4.24. The van der Waals surface area contributed by atoms with Gasteiger partial charge in [-0.1, -0.05) is 36.0 Å². The molecular weight excluding hydrogens is 230 g/mol. The van der Waals surface area contributed by atoms with Crippen LogP contribution in [0.2, 0.25) is 0 Å². The first-order valence-electron chi connectivity index (χ1n) is 5.84. The molecule has 1 atom stereocenters. The Kier molecular flexibility index (Phi) is 2.77. The average molecular weight is 243 g/mol. The summed E-state index contributed by atoms with van der Waals surface area (Å²) in [7, 11) is 0. The van der Waals surface area contributed by atoms with Gasteiger partial charge in [-0.05, 0) is 24.0 Å². The number of nitriles is 1. The highest BCUT2D eigenvalue weighted by Gasteiger charge is 2.25. The summed E-state index contributed by atoms with van der Waals surface area (Å²) in [5.41, 5.74) is 2.75.